The lowest BCUT2D eigenvalue weighted by Crippen LogP contribution is -2.42. The molecule has 5 N–H and O–H groups in total. The Labute approximate surface area is 162 Å². The Bertz CT molecular complexity index is 758. The van der Waals surface area contributed by atoms with Gasteiger partial charge in [-0.25, -0.2) is 4.79 Å². The highest BCUT2D eigenvalue weighted by molar-refractivity contribution is 6.11. The molecule has 1 saturated heterocycles. The van der Waals surface area contributed by atoms with Gasteiger partial charge in [0.25, 0.3) is 0 Å². The topological polar surface area (TPSA) is 151 Å². The van der Waals surface area contributed by atoms with Crippen LogP contribution in [0.15, 0.2) is 29.4 Å². The molecule has 0 aromatic heterocycles. The summed E-state index contributed by atoms with van der Waals surface area (Å²) in [5, 5.41) is 24.3. The number of nitrogens with one attached hydrogen (secondary N) is 1. The molecule has 0 saturated carbocycles. The second-order valence-corrected chi connectivity index (χ2v) is 6.77. The van der Waals surface area contributed by atoms with Crippen molar-refractivity contribution >= 4 is 23.4 Å². The number of carboxylic acid groups (broad SMARTS) is 1. The van der Waals surface area contributed by atoms with E-state index < -0.39 is 29.6 Å². The number of oxime groups is 1. The summed E-state index contributed by atoms with van der Waals surface area (Å²) in [4.78, 5) is 36.8. The Morgan fingerprint density at radius 2 is 1.86 bits per heavy atom. The Morgan fingerprint density at radius 1 is 1.25 bits per heavy atom. The minimum absolute atomic E-state index is 0.198. The molecule has 0 aliphatic carbocycles. The molecule has 1 aromatic rings. The van der Waals surface area contributed by atoms with Gasteiger partial charge in [-0.2, -0.15) is 0 Å². The van der Waals surface area contributed by atoms with Crippen LogP contribution in [0.1, 0.15) is 42.1 Å². The third-order valence-corrected chi connectivity index (χ3v) is 4.69. The van der Waals surface area contributed by atoms with E-state index in [1.807, 2.05) is 0 Å². The first-order chi connectivity index (χ1) is 13.3. The fraction of sp³-hybridized carbons (Fsp3) is 0.474. The largest absolute Gasteiger partial charge is 0.479 e. The average molecular weight is 391 g/mol. The van der Waals surface area contributed by atoms with Crippen molar-refractivity contribution in [1.29, 1.82) is 0 Å². The van der Waals surface area contributed by atoms with Crippen LogP contribution in [0.2, 0.25) is 0 Å². The minimum atomic E-state index is -1.61. The summed E-state index contributed by atoms with van der Waals surface area (Å²) >= 11 is 0. The molecule has 1 aromatic carbocycles. The third kappa shape index (κ3) is 5.37. The van der Waals surface area contributed by atoms with Gasteiger partial charge in [0.2, 0.25) is 6.10 Å². The monoisotopic (exact) mass is 391 g/mol. The summed E-state index contributed by atoms with van der Waals surface area (Å²) in [6.07, 6.45) is -0.885. The molecule has 9 heteroatoms. The number of aliphatic carboxylic acids is 1. The lowest BCUT2D eigenvalue weighted by Gasteiger charge is -2.26. The van der Waals surface area contributed by atoms with Crippen molar-refractivity contribution < 1.29 is 29.4 Å². The lowest BCUT2D eigenvalue weighted by molar-refractivity contribution is -0.163. The van der Waals surface area contributed by atoms with Crippen LogP contribution in [0, 0.1) is 5.92 Å². The van der Waals surface area contributed by atoms with Gasteiger partial charge in [0, 0.05) is 23.5 Å². The number of rotatable bonds is 9. The van der Waals surface area contributed by atoms with E-state index in [0.717, 1.165) is 0 Å². The molecule has 28 heavy (non-hydrogen) atoms. The van der Waals surface area contributed by atoms with Gasteiger partial charge in [-0.15, -0.1) is 0 Å². The number of ether oxygens (including phenoxy) is 1. The molecule has 0 radical (unpaired) electrons. The minimum Gasteiger partial charge on any atom is -0.479 e. The Morgan fingerprint density at radius 3 is 2.43 bits per heavy atom. The summed E-state index contributed by atoms with van der Waals surface area (Å²) in [7, 11) is 0. The van der Waals surface area contributed by atoms with E-state index in [4.69, 9.17) is 15.7 Å². The van der Waals surface area contributed by atoms with Gasteiger partial charge in [-0.3, -0.25) is 9.59 Å². The van der Waals surface area contributed by atoms with Crippen molar-refractivity contribution in [1.82, 2.24) is 5.32 Å². The fourth-order valence-electron chi connectivity index (χ4n) is 3.12. The van der Waals surface area contributed by atoms with Gasteiger partial charge in [0.1, 0.15) is 0 Å². The number of ketones is 2. The van der Waals surface area contributed by atoms with Crippen molar-refractivity contribution in [3.8, 4) is 0 Å². The molecule has 0 amide bonds. The maximum atomic E-state index is 12.6. The van der Waals surface area contributed by atoms with Crippen LogP contribution in [0.25, 0.3) is 0 Å². The van der Waals surface area contributed by atoms with Gasteiger partial charge in [0.05, 0.1) is 6.10 Å². The molecular weight excluding hydrogens is 366 g/mol. The summed E-state index contributed by atoms with van der Waals surface area (Å²) in [5.41, 5.74) is 6.04. The van der Waals surface area contributed by atoms with E-state index in [1.165, 1.54) is 19.1 Å². The molecule has 1 aliphatic heterocycles. The van der Waals surface area contributed by atoms with Crippen LogP contribution in [0.3, 0.4) is 0 Å². The quantitative estimate of drug-likeness (QED) is 0.120. The van der Waals surface area contributed by atoms with E-state index in [-0.39, 0.29) is 29.5 Å². The van der Waals surface area contributed by atoms with E-state index in [1.54, 1.807) is 12.1 Å². The second kappa shape index (κ2) is 9.95. The normalized spacial score (nSPS) is 17.7. The number of carbonyl (C=O) groups excluding carboxylic acids is 2. The van der Waals surface area contributed by atoms with Crippen molar-refractivity contribution in [3.05, 3.63) is 35.4 Å². The maximum Gasteiger partial charge on any atom is 0.340 e. The van der Waals surface area contributed by atoms with Crippen LogP contribution >= 0.6 is 0 Å². The van der Waals surface area contributed by atoms with Crippen LogP contribution in [-0.2, 0) is 14.3 Å². The SMILES string of the molecule is CC(CC(=O)c1ccccc1/C(N)=N\O)C(=O)C(OC1CCNCC1)C(=O)O. The predicted octanol–water partition coefficient (Wildman–Crippen LogP) is 0.781. The molecule has 0 spiro atoms. The Kier molecular flexibility index (Phi) is 7.65. The first kappa shape index (κ1) is 21.5. The predicted molar refractivity (Wildman–Crippen MR) is 100 cm³/mol. The number of Topliss-reactive ketones (excluding diaryl/α,β-unsaturated/α-hetero) is 2. The Hall–Kier alpha value is -2.78. The number of hydrogen-bond acceptors (Lipinski definition) is 7. The van der Waals surface area contributed by atoms with Crippen molar-refractivity contribution in [3.63, 3.8) is 0 Å². The van der Waals surface area contributed by atoms with Crippen LogP contribution in [-0.4, -0.2) is 59.0 Å². The number of nitrogens with zero attached hydrogens (tertiary/aromatic N) is 1. The summed E-state index contributed by atoms with van der Waals surface area (Å²) in [6, 6.07) is 6.28. The smallest absolute Gasteiger partial charge is 0.340 e. The highest BCUT2D eigenvalue weighted by atomic mass is 16.5. The maximum absolute atomic E-state index is 12.6. The number of benzene rings is 1. The Balaban J connectivity index is 2.09. The number of piperidine rings is 1. The molecule has 0 bridgehead atoms. The molecule has 1 heterocycles. The average Bonchev–Trinajstić information content (AvgIpc) is 2.71. The van der Waals surface area contributed by atoms with Gasteiger partial charge in [0.15, 0.2) is 17.4 Å². The van der Waals surface area contributed by atoms with Crippen LogP contribution < -0.4 is 11.1 Å². The lowest BCUT2D eigenvalue weighted by atomic mass is 9.91. The van der Waals surface area contributed by atoms with Crippen molar-refractivity contribution in [2.45, 2.75) is 38.4 Å². The number of carbonyl (C=O) groups is 3. The summed E-state index contributed by atoms with van der Waals surface area (Å²) in [5.74, 6) is -3.51. The van der Waals surface area contributed by atoms with Gasteiger partial charge in [-0.05, 0) is 25.9 Å². The summed E-state index contributed by atoms with van der Waals surface area (Å²) in [6.45, 7) is 2.89. The molecule has 1 fully saturated rings. The zero-order chi connectivity index (χ0) is 20.7. The van der Waals surface area contributed by atoms with Gasteiger partial charge >= 0.3 is 5.97 Å². The first-order valence-electron chi connectivity index (χ1n) is 9.08. The highest BCUT2D eigenvalue weighted by Gasteiger charge is 2.34. The molecule has 2 atom stereocenters. The van der Waals surface area contributed by atoms with Crippen molar-refractivity contribution in [2.75, 3.05) is 13.1 Å². The number of nitrogens with two attached hydrogens (primary N) is 1. The van der Waals surface area contributed by atoms with E-state index >= 15 is 0 Å². The fourth-order valence-corrected chi connectivity index (χ4v) is 3.12. The zero-order valence-corrected chi connectivity index (χ0v) is 15.6. The molecule has 1 aliphatic rings. The molecule has 2 unspecified atom stereocenters. The number of amidine groups is 1. The molecule has 2 rings (SSSR count). The van der Waals surface area contributed by atoms with Crippen molar-refractivity contribution in [2.24, 2.45) is 16.8 Å². The molecular formula is C19H25N3O6. The molecule has 9 nitrogen and oxygen atoms in total. The van der Waals surface area contributed by atoms with Crippen LogP contribution in [0.4, 0.5) is 0 Å². The van der Waals surface area contributed by atoms with E-state index in [2.05, 4.69) is 10.5 Å². The third-order valence-electron chi connectivity index (χ3n) is 4.69. The highest BCUT2D eigenvalue weighted by Crippen LogP contribution is 2.19. The number of hydrogen-bond donors (Lipinski definition) is 4. The van der Waals surface area contributed by atoms with Crippen LogP contribution in [0.5, 0.6) is 0 Å². The first-order valence-corrected chi connectivity index (χ1v) is 9.08. The molecule has 152 valence electrons. The van der Waals surface area contributed by atoms with Gasteiger partial charge < -0.3 is 26.1 Å². The summed E-state index contributed by atoms with van der Waals surface area (Å²) < 4.78 is 5.53. The standard InChI is InChI=1S/C19H25N3O6/c1-11(10-15(23)13-4-2-3-5-14(13)18(20)22-27)16(24)17(19(25)26)28-12-6-8-21-9-7-12/h2-5,11-12,17,21,27H,6-10H2,1H3,(H2,20,22)(H,25,26). The zero-order valence-electron chi connectivity index (χ0n) is 15.6. The van der Waals surface area contributed by atoms with Gasteiger partial charge in [-0.1, -0.05) is 36.3 Å². The number of carboxylic acids is 1. The van der Waals surface area contributed by atoms with E-state index in [0.29, 0.717) is 25.9 Å². The van der Waals surface area contributed by atoms with E-state index in [9.17, 15) is 19.5 Å². The second-order valence-electron chi connectivity index (χ2n) is 6.77.